The van der Waals surface area contributed by atoms with Crippen LogP contribution < -0.4 is 0 Å². The van der Waals surface area contributed by atoms with Crippen molar-refractivity contribution < 1.29 is 23.5 Å². The Labute approximate surface area is 291 Å². The first-order valence-corrected chi connectivity index (χ1v) is 17.3. The normalized spacial score (nSPS) is 14.7. The predicted octanol–water partition coefficient (Wildman–Crippen LogP) is 8.23. The van der Waals surface area contributed by atoms with Gasteiger partial charge in [-0.1, -0.05) is 13.8 Å². The van der Waals surface area contributed by atoms with Crippen molar-refractivity contribution >= 4 is 29.6 Å². The highest BCUT2D eigenvalue weighted by Gasteiger charge is 2.51. The van der Waals surface area contributed by atoms with Gasteiger partial charge in [0.15, 0.2) is 5.70 Å². The molecule has 1 aromatic heterocycles. The molecule has 0 fully saturated rings. The van der Waals surface area contributed by atoms with Crippen molar-refractivity contribution in [1.82, 2.24) is 4.48 Å². The molecule has 0 amide bonds. The average molecular weight is 655 g/mol. The summed E-state index contributed by atoms with van der Waals surface area (Å²) in [6, 6.07) is 14.5. The summed E-state index contributed by atoms with van der Waals surface area (Å²) in [4.78, 5) is 25.1. The van der Waals surface area contributed by atoms with Crippen LogP contribution in [0.15, 0.2) is 65.4 Å². The molecule has 5 rings (SSSR count). The third-order valence-corrected chi connectivity index (χ3v) is 9.62. The quantitative estimate of drug-likeness (QED) is 0.153. The Kier molecular flexibility index (Phi) is 9.98. The summed E-state index contributed by atoms with van der Waals surface area (Å²) < 4.78 is 15.6. The van der Waals surface area contributed by atoms with Crippen LogP contribution in [0.5, 0.6) is 0 Å². The van der Waals surface area contributed by atoms with Crippen molar-refractivity contribution in [3.63, 3.8) is 0 Å². The highest BCUT2D eigenvalue weighted by Crippen LogP contribution is 2.43. The van der Waals surface area contributed by atoms with Gasteiger partial charge in [0.1, 0.15) is 5.71 Å². The number of fused-ring (bicyclic) bond motifs is 2. The van der Waals surface area contributed by atoms with Crippen LogP contribution >= 0.6 is 0 Å². The molecule has 0 atom stereocenters. The van der Waals surface area contributed by atoms with E-state index < -0.39 is 6.42 Å². The van der Waals surface area contributed by atoms with Gasteiger partial charge in [-0.15, -0.1) is 11.8 Å². The minimum atomic E-state index is -2.08. The van der Waals surface area contributed by atoms with Crippen molar-refractivity contribution in [3.05, 3.63) is 110 Å². The van der Waals surface area contributed by atoms with E-state index in [1.54, 1.807) is 24.3 Å². The van der Waals surface area contributed by atoms with Gasteiger partial charge in [-0.25, -0.2) is 9.59 Å². The van der Waals surface area contributed by atoms with Gasteiger partial charge in [0.05, 0.1) is 23.3 Å². The topological polar surface area (TPSA) is 60.5 Å². The van der Waals surface area contributed by atoms with Crippen LogP contribution in [-0.2, 0) is 15.9 Å². The fourth-order valence-corrected chi connectivity index (χ4v) is 7.55. The Bertz CT molecular complexity index is 1980. The zero-order valence-corrected chi connectivity index (χ0v) is 30.8. The summed E-state index contributed by atoms with van der Waals surface area (Å²) in [6.07, 6.45) is -0.686. The standard InChI is InChI=1S/C42H47BN2O4/c1-12-37-28(7)39-30(9)40-29(8)38(13-2)32(11)45(40)43(44(39)31(37)10,24-22-33-14-18-35(19-15-33)41(46)48-26(3)4)25-23-34-16-20-36(21-17-34)42(47)49-27(5)6/h14-21,26-27H,12-13H2,1-11H3. The molecule has 3 aromatic rings. The summed E-state index contributed by atoms with van der Waals surface area (Å²) in [7, 11) is 0. The second-order valence-corrected chi connectivity index (χ2v) is 13.5. The molecular weight excluding hydrogens is 607 g/mol. The zero-order chi connectivity index (χ0) is 35.8. The zero-order valence-electron chi connectivity index (χ0n) is 30.8. The molecule has 0 radical (unpaired) electrons. The lowest BCUT2D eigenvalue weighted by molar-refractivity contribution is -0.330. The van der Waals surface area contributed by atoms with Crippen LogP contribution in [-0.4, -0.2) is 45.2 Å². The first-order valence-electron chi connectivity index (χ1n) is 17.3. The molecule has 2 aliphatic rings. The number of rotatable bonds is 6. The number of aromatic nitrogens is 1. The van der Waals surface area contributed by atoms with E-state index in [1.807, 2.05) is 52.0 Å². The lowest BCUT2D eigenvalue weighted by atomic mass is 9.45. The molecule has 0 saturated heterocycles. The third-order valence-electron chi connectivity index (χ3n) is 9.62. The number of esters is 2. The molecule has 0 N–H and O–H groups in total. The molecule has 252 valence electrons. The van der Waals surface area contributed by atoms with E-state index in [-0.39, 0.29) is 24.1 Å². The molecule has 0 unspecified atom stereocenters. The maximum atomic E-state index is 12.5. The Hall–Kier alpha value is -5.01. The molecule has 2 aliphatic heterocycles. The lowest BCUT2D eigenvalue weighted by Crippen LogP contribution is -2.57. The van der Waals surface area contributed by atoms with Gasteiger partial charge in [-0.3, -0.25) is 0 Å². The number of allylic oxidation sites excluding steroid dienone is 3. The third kappa shape index (κ3) is 6.31. The van der Waals surface area contributed by atoms with Crippen molar-refractivity contribution in [1.29, 1.82) is 0 Å². The monoisotopic (exact) mass is 654 g/mol. The second-order valence-electron chi connectivity index (χ2n) is 13.5. The van der Waals surface area contributed by atoms with E-state index in [0.717, 1.165) is 35.4 Å². The van der Waals surface area contributed by atoms with Crippen LogP contribution in [0.1, 0.15) is 123 Å². The van der Waals surface area contributed by atoms with Gasteiger partial charge < -0.3 is 18.4 Å². The first kappa shape index (κ1) is 35.3. The van der Waals surface area contributed by atoms with Crippen LogP contribution in [0.25, 0.3) is 5.57 Å². The van der Waals surface area contributed by atoms with E-state index in [0.29, 0.717) is 11.1 Å². The number of hydrogen-bond acceptors (Lipinski definition) is 4. The SMILES string of the molecule is CCC1=C(C)C2=C(C)c3c(C)c(CC)c(C)n3[B-](C#Cc3ccc(C(=O)OC(C)C)cc3)(C#Cc3ccc(C(=O)OC(C)C)cc3)[N+]2=C1C. The molecule has 2 aromatic carbocycles. The number of carbonyl (C=O) groups excluding carboxylic acids is 2. The van der Waals surface area contributed by atoms with Crippen molar-refractivity contribution in [2.75, 3.05) is 0 Å². The maximum Gasteiger partial charge on any atom is 0.520 e. The van der Waals surface area contributed by atoms with E-state index in [2.05, 4.69) is 80.9 Å². The van der Waals surface area contributed by atoms with Crippen molar-refractivity contribution in [2.45, 2.75) is 101 Å². The summed E-state index contributed by atoms with van der Waals surface area (Å²) in [5.74, 6) is 13.8. The number of hydrogen-bond donors (Lipinski definition) is 0. The predicted molar refractivity (Wildman–Crippen MR) is 199 cm³/mol. The van der Waals surface area contributed by atoms with Crippen LogP contribution in [0.2, 0.25) is 0 Å². The van der Waals surface area contributed by atoms with E-state index in [9.17, 15) is 9.59 Å². The van der Waals surface area contributed by atoms with Gasteiger partial charge in [-0.05, 0) is 134 Å². The summed E-state index contributed by atoms with van der Waals surface area (Å²) >= 11 is 0. The number of carbonyl (C=O) groups is 2. The van der Waals surface area contributed by atoms with Gasteiger partial charge in [0.25, 0.3) is 0 Å². The summed E-state index contributed by atoms with van der Waals surface area (Å²) in [6.45, 7) is 22.8. The van der Waals surface area contributed by atoms with E-state index in [1.165, 1.54) is 39.2 Å². The fourth-order valence-electron chi connectivity index (χ4n) is 7.55. The number of benzene rings is 2. The summed E-state index contributed by atoms with van der Waals surface area (Å²) in [5.41, 5.74) is 13.6. The Morgan fingerprint density at radius 2 is 1.20 bits per heavy atom. The molecular formula is C42H47BN2O4. The first-order chi connectivity index (χ1) is 23.2. The molecule has 0 spiro atoms. The smallest absolute Gasteiger partial charge is 0.459 e. The van der Waals surface area contributed by atoms with Gasteiger partial charge in [-0.2, -0.15) is 11.6 Å². The van der Waals surface area contributed by atoms with Crippen molar-refractivity contribution in [3.8, 4) is 23.5 Å². The molecule has 0 bridgehead atoms. The average Bonchev–Trinajstić information content (AvgIpc) is 3.48. The minimum absolute atomic E-state index is 0.198. The van der Waals surface area contributed by atoms with Crippen LogP contribution in [0.4, 0.5) is 0 Å². The highest BCUT2D eigenvalue weighted by atomic mass is 16.5. The minimum Gasteiger partial charge on any atom is -0.459 e. The van der Waals surface area contributed by atoms with Gasteiger partial charge in [0.2, 0.25) is 0 Å². The molecule has 6 nitrogen and oxygen atoms in total. The second kappa shape index (κ2) is 13.8. The summed E-state index contributed by atoms with van der Waals surface area (Å²) in [5, 5.41) is 0. The molecule has 7 heteroatoms. The van der Waals surface area contributed by atoms with Gasteiger partial charge in [0, 0.05) is 40.5 Å². The maximum absolute atomic E-state index is 12.5. The van der Waals surface area contributed by atoms with Crippen LogP contribution in [0, 0.1) is 37.3 Å². The molecule has 3 heterocycles. The Balaban J connectivity index is 1.77. The molecule has 0 saturated carbocycles. The molecule has 49 heavy (non-hydrogen) atoms. The van der Waals surface area contributed by atoms with E-state index >= 15 is 0 Å². The Morgan fingerprint density at radius 3 is 1.61 bits per heavy atom. The molecule has 0 aliphatic carbocycles. The lowest BCUT2D eigenvalue weighted by Gasteiger charge is -2.38. The Morgan fingerprint density at radius 1 is 0.735 bits per heavy atom. The number of nitrogens with zero attached hydrogens (tertiary/aromatic N) is 2. The van der Waals surface area contributed by atoms with Crippen molar-refractivity contribution in [2.24, 2.45) is 0 Å². The number of ether oxygens (including phenoxy) is 2. The van der Waals surface area contributed by atoms with Crippen LogP contribution in [0.3, 0.4) is 0 Å². The van der Waals surface area contributed by atoms with E-state index in [4.69, 9.17) is 9.47 Å². The fraction of sp³-hybridized carbons (Fsp3) is 0.357. The van der Waals surface area contributed by atoms with Gasteiger partial charge >= 0.3 is 18.4 Å². The highest BCUT2D eigenvalue weighted by molar-refractivity contribution is 6.87. The largest absolute Gasteiger partial charge is 0.520 e.